The molecule has 18 heavy (non-hydrogen) atoms. The number of benzene rings is 1. The van der Waals surface area contributed by atoms with Gasteiger partial charge in [-0.2, -0.15) is 0 Å². The van der Waals surface area contributed by atoms with Crippen molar-refractivity contribution in [2.75, 3.05) is 5.32 Å². The number of fused-ring (bicyclic) bond motifs is 1. The molecule has 0 saturated heterocycles. The van der Waals surface area contributed by atoms with Crippen molar-refractivity contribution >= 4 is 22.4 Å². The molecule has 3 aromatic rings. The Morgan fingerprint density at radius 2 is 1.94 bits per heavy atom. The minimum atomic E-state index is -0.0816. The van der Waals surface area contributed by atoms with Crippen molar-refractivity contribution < 1.29 is 5.11 Å². The number of H-pyrrole nitrogens is 1. The van der Waals surface area contributed by atoms with E-state index in [9.17, 15) is 0 Å². The van der Waals surface area contributed by atoms with Crippen LogP contribution in [0.1, 0.15) is 5.82 Å². The van der Waals surface area contributed by atoms with Gasteiger partial charge >= 0.3 is 0 Å². The third kappa shape index (κ3) is 2.03. The summed E-state index contributed by atoms with van der Waals surface area (Å²) in [6, 6.07) is 9.63. The number of nitrogens with one attached hydrogen (secondary N) is 2. The predicted octanol–water partition coefficient (Wildman–Crippen LogP) is 2.19. The lowest BCUT2D eigenvalue weighted by atomic mass is 10.2. The summed E-state index contributed by atoms with van der Waals surface area (Å²) < 4.78 is 0. The van der Waals surface area contributed by atoms with Gasteiger partial charge in [0.05, 0.1) is 11.0 Å². The van der Waals surface area contributed by atoms with Crippen molar-refractivity contribution in [1.29, 1.82) is 0 Å². The second-order valence-corrected chi connectivity index (χ2v) is 3.93. The number of imidazole rings is 1. The molecule has 1 aromatic carbocycles. The minimum Gasteiger partial charge on any atom is -0.388 e. The van der Waals surface area contributed by atoms with Gasteiger partial charge in [0.2, 0.25) is 0 Å². The van der Waals surface area contributed by atoms with Crippen LogP contribution >= 0.6 is 0 Å². The first-order valence-corrected chi connectivity index (χ1v) is 5.62. The average Bonchev–Trinajstić information content (AvgIpc) is 2.82. The highest BCUT2D eigenvalue weighted by molar-refractivity contribution is 5.80. The van der Waals surface area contributed by atoms with Crippen LogP contribution in [0.15, 0.2) is 42.7 Å². The summed E-state index contributed by atoms with van der Waals surface area (Å²) in [6.07, 6.45) is 3.47. The molecule has 0 fully saturated rings. The number of anilines is 2. The van der Waals surface area contributed by atoms with Gasteiger partial charge in [-0.05, 0) is 30.3 Å². The number of rotatable bonds is 3. The Balaban J connectivity index is 1.93. The van der Waals surface area contributed by atoms with Crippen molar-refractivity contribution in [1.82, 2.24) is 15.0 Å². The van der Waals surface area contributed by atoms with E-state index in [0.717, 1.165) is 22.4 Å². The van der Waals surface area contributed by atoms with Gasteiger partial charge in [0, 0.05) is 23.8 Å². The number of nitrogens with zero attached hydrogens (tertiary/aromatic N) is 2. The molecule has 0 atom stereocenters. The molecule has 3 N–H and O–H groups in total. The molecule has 0 saturated carbocycles. The fourth-order valence-corrected chi connectivity index (χ4v) is 1.81. The van der Waals surface area contributed by atoms with Crippen molar-refractivity contribution in [3.8, 4) is 0 Å². The quantitative estimate of drug-likeness (QED) is 0.656. The van der Waals surface area contributed by atoms with Crippen molar-refractivity contribution in [2.45, 2.75) is 6.61 Å². The first kappa shape index (κ1) is 10.7. The van der Waals surface area contributed by atoms with E-state index in [0.29, 0.717) is 5.82 Å². The summed E-state index contributed by atoms with van der Waals surface area (Å²) in [5.74, 6) is 0.575. The van der Waals surface area contributed by atoms with Crippen molar-refractivity contribution in [2.24, 2.45) is 0 Å². The first-order chi connectivity index (χ1) is 8.85. The largest absolute Gasteiger partial charge is 0.388 e. The number of aliphatic hydroxyl groups excluding tert-OH is 1. The topological polar surface area (TPSA) is 73.8 Å². The van der Waals surface area contributed by atoms with Crippen molar-refractivity contribution in [3.05, 3.63) is 48.5 Å². The van der Waals surface area contributed by atoms with Gasteiger partial charge in [-0.15, -0.1) is 0 Å². The Labute approximate surface area is 104 Å². The Morgan fingerprint density at radius 1 is 1.11 bits per heavy atom. The number of aromatic nitrogens is 3. The summed E-state index contributed by atoms with van der Waals surface area (Å²) in [5, 5.41) is 12.3. The van der Waals surface area contributed by atoms with Gasteiger partial charge in [-0.1, -0.05) is 0 Å². The molecule has 0 unspecified atom stereocenters. The summed E-state index contributed by atoms with van der Waals surface area (Å²) in [5.41, 5.74) is 3.67. The molecule has 0 aliphatic heterocycles. The molecule has 5 nitrogen and oxygen atoms in total. The summed E-state index contributed by atoms with van der Waals surface area (Å²) in [6.45, 7) is -0.0816. The van der Waals surface area contributed by atoms with E-state index in [-0.39, 0.29) is 6.61 Å². The fourth-order valence-electron chi connectivity index (χ4n) is 1.81. The zero-order chi connectivity index (χ0) is 12.4. The number of hydrogen-bond donors (Lipinski definition) is 3. The van der Waals surface area contributed by atoms with E-state index < -0.39 is 0 Å². The number of hydrogen-bond acceptors (Lipinski definition) is 4. The smallest absolute Gasteiger partial charge is 0.133 e. The summed E-state index contributed by atoms with van der Waals surface area (Å²) in [4.78, 5) is 11.3. The third-order valence-electron chi connectivity index (χ3n) is 2.65. The van der Waals surface area contributed by atoms with Crippen LogP contribution in [0.4, 0.5) is 11.4 Å². The Bertz CT molecular complexity index is 663. The maximum absolute atomic E-state index is 9.03. The second-order valence-electron chi connectivity index (χ2n) is 3.93. The van der Waals surface area contributed by atoms with Crippen molar-refractivity contribution in [3.63, 3.8) is 0 Å². The molecule has 0 spiro atoms. The highest BCUT2D eigenvalue weighted by atomic mass is 16.3. The van der Waals surface area contributed by atoms with Gasteiger partial charge in [-0.25, -0.2) is 4.98 Å². The predicted molar refractivity (Wildman–Crippen MR) is 69.5 cm³/mol. The van der Waals surface area contributed by atoms with Crippen LogP contribution in [0, 0.1) is 0 Å². The highest BCUT2D eigenvalue weighted by Crippen LogP contribution is 2.20. The summed E-state index contributed by atoms with van der Waals surface area (Å²) in [7, 11) is 0. The van der Waals surface area contributed by atoms with Crippen LogP contribution in [0.2, 0.25) is 0 Å². The molecule has 0 radical (unpaired) electrons. The zero-order valence-electron chi connectivity index (χ0n) is 9.59. The zero-order valence-corrected chi connectivity index (χ0v) is 9.59. The Kier molecular flexibility index (Phi) is 2.66. The van der Waals surface area contributed by atoms with E-state index in [2.05, 4.69) is 20.3 Å². The van der Waals surface area contributed by atoms with E-state index in [4.69, 9.17) is 5.11 Å². The number of aromatic amines is 1. The van der Waals surface area contributed by atoms with E-state index in [1.807, 2.05) is 30.3 Å². The van der Waals surface area contributed by atoms with E-state index in [1.54, 1.807) is 12.4 Å². The maximum atomic E-state index is 9.03. The molecular formula is C13H12N4O. The monoisotopic (exact) mass is 240 g/mol. The fraction of sp³-hybridized carbons (Fsp3) is 0.0769. The van der Waals surface area contributed by atoms with Gasteiger partial charge in [0.15, 0.2) is 0 Å². The van der Waals surface area contributed by atoms with Crippen LogP contribution in [-0.4, -0.2) is 20.1 Å². The molecule has 0 aliphatic rings. The lowest BCUT2D eigenvalue weighted by Crippen LogP contribution is -1.89. The summed E-state index contributed by atoms with van der Waals surface area (Å²) >= 11 is 0. The third-order valence-corrected chi connectivity index (χ3v) is 2.65. The first-order valence-electron chi connectivity index (χ1n) is 5.62. The molecule has 5 heteroatoms. The van der Waals surface area contributed by atoms with Gasteiger partial charge < -0.3 is 15.4 Å². The van der Waals surface area contributed by atoms with Gasteiger partial charge in [0.25, 0.3) is 0 Å². The molecule has 0 aliphatic carbocycles. The van der Waals surface area contributed by atoms with Gasteiger partial charge in [0.1, 0.15) is 12.4 Å². The molecule has 90 valence electrons. The van der Waals surface area contributed by atoms with E-state index >= 15 is 0 Å². The second kappa shape index (κ2) is 4.46. The molecule has 0 bridgehead atoms. The number of pyridine rings is 1. The highest BCUT2D eigenvalue weighted by Gasteiger charge is 2.02. The van der Waals surface area contributed by atoms with Gasteiger partial charge in [-0.3, -0.25) is 4.98 Å². The molecule has 3 rings (SSSR count). The van der Waals surface area contributed by atoms with Crippen LogP contribution in [-0.2, 0) is 6.61 Å². The average molecular weight is 240 g/mol. The standard InChI is InChI=1S/C13H12N4O/c18-8-13-16-11-2-1-10(7-12(11)17-13)15-9-3-5-14-6-4-9/h1-7,18H,8H2,(H,14,15)(H,16,17). The maximum Gasteiger partial charge on any atom is 0.133 e. The lowest BCUT2D eigenvalue weighted by molar-refractivity contribution is 0.273. The molecule has 2 aromatic heterocycles. The molecular weight excluding hydrogens is 228 g/mol. The SMILES string of the molecule is OCc1nc2cc(Nc3ccncc3)ccc2[nH]1. The Hall–Kier alpha value is -2.40. The van der Waals surface area contributed by atoms with Crippen LogP contribution in [0.5, 0.6) is 0 Å². The van der Waals surface area contributed by atoms with Crippen LogP contribution < -0.4 is 5.32 Å². The normalized spacial score (nSPS) is 10.7. The number of aliphatic hydroxyl groups is 1. The molecule has 0 amide bonds. The van der Waals surface area contributed by atoms with Crippen LogP contribution in [0.3, 0.4) is 0 Å². The van der Waals surface area contributed by atoms with Crippen LogP contribution in [0.25, 0.3) is 11.0 Å². The Morgan fingerprint density at radius 3 is 2.72 bits per heavy atom. The molecule has 2 heterocycles. The van der Waals surface area contributed by atoms with E-state index in [1.165, 1.54) is 0 Å². The minimum absolute atomic E-state index is 0.0816. The lowest BCUT2D eigenvalue weighted by Gasteiger charge is -2.05.